The fourth-order valence-electron chi connectivity index (χ4n) is 4.09. The van der Waals surface area contributed by atoms with Gasteiger partial charge in [0, 0.05) is 29.6 Å². The monoisotopic (exact) mass is 469 g/mol. The maximum atomic E-state index is 13.0. The molecule has 0 unspecified atom stereocenters. The first-order valence-corrected chi connectivity index (χ1v) is 13.0. The number of nitrogens with zero attached hydrogens (tertiary/aromatic N) is 2. The molecule has 8 heteroatoms. The van der Waals surface area contributed by atoms with Crippen molar-refractivity contribution in [2.45, 2.75) is 32.1 Å². The van der Waals surface area contributed by atoms with Gasteiger partial charge in [0.2, 0.25) is 10.0 Å². The highest BCUT2D eigenvalue weighted by Crippen LogP contribution is 2.28. The Kier molecular flexibility index (Phi) is 6.46. The second kappa shape index (κ2) is 9.13. The van der Waals surface area contributed by atoms with Crippen molar-refractivity contribution in [2.75, 3.05) is 18.4 Å². The van der Waals surface area contributed by atoms with E-state index in [0.717, 1.165) is 17.7 Å². The molecule has 0 bridgehead atoms. The number of aryl methyl sites for hydroxylation is 1. The predicted octanol–water partition coefficient (Wildman–Crippen LogP) is 5.04. The molecular weight excluding hydrogens is 442 g/mol. The topological polar surface area (TPSA) is 79.4 Å². The van der Waals surface area contributed by atoms with Gasteiger partial charge in [0.15, 0.2) is 5.13 Å². The van der Waals surface area contributed by atoms with Crippen LogP contribution in [0.4, 0.5) is 5.13 Å². The van der Waals surface area contributed by atoms with Gasteiger partial charge in [-0.2, -0.15) is 4.31 Å². The second-order valence-corrected chi connectivity index (χ2v) is 11.4. The lowest BCUT2D eigenvalue weighted by Crippen LogP contribution is -2.42. The van der Waals surface area contributed by atoms with Gasteiger partial charge in [-0.25, -0.2) is 13.4 Å². The molecule has 1 amide bonds. The molecule has 0 radical (unpaired) electrons. The Balaban J connectivity index is 1.45. The smallest absolute Gasteiger partial charge is 0.257 e. The third kappa shape index (κ3) is 4.92. The van der Waals surface area contributed by atoms with Crippen molar-refractivity contribution in [2.24, 2.45) is 11.8 Å². The molecule has 168 valence electrons. The SMILES string of the molecule is Cc1ccc(-c2csc(NC(=O)c3ccc(S(=O)(=O)N4C[C@H](C)C[C@@H](C)C4)cc3)n2)cc1. The first-order valence-electron chi connectivity index (χ1n) is 10.7. The van der Waals surface area contributed by atoms with Crippen LogP contribution in [0.15, 0.2) is 58.8 Å². The average Bonchev–Trinajstić information content (AvgIpc) is 3.22. The van der Waals surface area contributed by atoms with Crippen molar-refractivity contribution in [1.29, 1.82) is 0 Å². The van der Waals surface area contributed by atoms with E-state index in [0.29, 0.717) is 35.6 Å². The lowest BCUT2D eigenvalue weighted by molar-refractivity contribution is 0.102. The Morgan fingerprint density at radius 3 is 2.28 bits per heavy atom. The van der Waals surface area contributed by atoms with E-state index in [2.05, 4.69) is 24.1 Å². The van der Waals surface area contributed by atoms with E-state index in [1.807, 2.05) is 36.6 Å². The summed E-state index contributed by atoms with van der Waals surface area (Å²) in [6.07, 6.45) is 1.04. The summed E-state index contributed by atoms with van der Waals surface area (Å²) >= 11 is 1.35. The fourth-order valence-corrected chi connectivity index (χ4v) is 6.48. The molecule has 0 saturated carbocycles. The zero-order valence-corrected chi connectivity index (χ0v) is 20.0. The van der Waals surface area contributed by atoms with E-state index in [-0.39, 0.29) is 10.8 Å². The molecule has 2 atom stereocenters. The third-order valence-electron chi connectivity index (χ3n) is 5.66. The van der Waals surface area contributed by atoms with Crippen LogP contribution in [0, 0.1) is 18.8 Å². The highest BCUT2D eigenvalue weighted by Gasteiger charge is 2.31. The quantitative estimate of drug-likeness (QED) is 0.568. The number of thiazole rings is 1. The molecular formula is C24H27N3O3S2. The van der Waals surface area contributed by atoms with Gasteiger partial charge in [-0.15, -0.1) is 11.3 Å². The van der Waals surface area contributed by atoms with Crippen molar-refractivity contribution < 1.29 is 13.2 Å². The lowest BCUT2D eigenvalue weighted by Gasteiger charge is -2.34. The molecule has 1 fully saturated rings. The Morgan fingerprint density at radius 1 is 1.03 bits per heavy atom. The van der Waals surface area contributed by atoms with E-state index in [1.54, 1.807) is 16.4 Å². The molecule has 2 heterocycles. The Morgan fingerprint density at radius 2 is 1.66 bits per heavy atom. The number of nitrogens with one attached hydrogen (secondary N) is 1. The van der Waals surface area contributed by atoms with Crippen molar-refractivity contribution in [1.82, 2.24) is 9.29 Å². The van der Waals surface area contributed by atoms with Crippen LogP contribution in [0.2, 0.25) is 0 Å². The van der Waals surface area contributed by atoms with E-state index >= 15 is 0 Å². The number of amides is 1. The molecule has 32 heavy (non-hydrogen) atoms. The number of sulfonamides is 1. The largest absolute Gasteiger partial charge is 0.298 e. The minimum atomic E-state index is -3.57. The van der Waals surface area contributed by atoms with Crippen molar-refractivity contribution in [3.63, 3.8) is 0 Å². The molecule has 3 aromatic rings. The highest BCUT2D eigenvalue weighted by molar-refractivity contribution is 7.89. The zero-order valence-electron chi connectivity index (χ0n) is 18.4. The number of carbonyl (C=O) groups is 1. The van der Waals surface area contributed by atoms with Crippen LogP contribution in [0.5, 0.6) is 0 Å². The predicted molar refractivity (Wildman–Crippen MR) is 128 cm³/mol. The molecule has 1 aliphatic heterocycles. The summed E-state index contributed by atoms with van der Waals surface area (Å²) in [5, 5.41) is 5.20. The maximum absolute atomic E-state index is 13.0. The van der Waals surface area contributed by atoms with Crippen LogP contribution in [0.25, 0.3) is 11.3 Å². The number of hydrogen-bond acceptors (Lipinski definition) is 5. The number of rotatable bonds is 5. The zero-order chi connectivity index (χ0) is 22.9. The van der Waals surface area contributed by atoms with E-state index in [4.69, 9.17) is 0 Å². The first kappa shape index (κ1) is 22.6. The molecule has 1 aliphatic rings. The summed E-state index contributed by atoms with van der Waals surface area (Å²) in [5.74, 6) is 0.349. The number of hydrogen-bond donors (Lipinski definition) is 1. The molecule has 1 N–H and O–H groups in total. The summed E-state index contributed by atoms with van der Waals surface area (Å²) in [6, 6.07) is 14.2. The molecule has 2 aromatic carbocycles. The van der Waals surface area contributed by atoms with E-state index in [9.17, 15) is 13.2 Å². The molecule has 0 aliphatic carbocycles. The average molecular weight is 470 g/mol. The van der Waals surface area contributed by atoms with Crippen molar-refractivity contribution in [3.8, 4) is 11.3 Å². The van der Waals surface area contributed by atoms with Gasteiger partial charge in [-0.05, 0) is 49.4 Å². The number of benzene rings is 2. The van der Waals surface area contributed by atoms with Crippen LogP contribution in [-0.2, 0) is 10.0 Å². The molecule has 6 nitrogen and oxygen atoms in total. The van der Waals surface area contributed by atoms with Gasteiger partial charge in [-0.3, -0.25) is 10.1 Å². The van der Waals surface area contributed by atoms with Gasteiger partial charge in [0.05, 0.1) is 10.6 Å². The van der Waals surface area contributed by atoms with Gasteiger partial charge in [0.1, 0.15) is 0 Å². The van der Waals surface area contributed by atoms with Gasteiger partial charge in [0.25, 0.3) is 5.91 Å². The first-order chi connectivity index (χ1) is 15.2. The molecule has 4 rings (SSSR count). The minimum absolute atomic E-state index is 0.214. The van der Waals surface area contributed by atoms with Gasteiger partial charge >= 0.3 is 0 Å². The van der Waals surface area contributed by atoms with Crippen molar-refractivity contribution in [3.05, 3.63) is 65.0 Å². The number of piperidine rings is 1. The Labute approximate surface area is 193 Å². The Hall–Kier alpha value is -2.55. The van der Waals surface area contributed by atoms with E-state index < -0.39 is 10.0 Å². The summed E-state index contributed by atoms with van der Waals surface area (Å²) in [6.45, 7) is 7.24. The standard InChI is InChI=1S/C24H27N3O3S2/c1-16-4-6-19(7-5-16)22-15-31-24(25-22)26-23(28)20-8-10-21(11-9-20)32(29,30)27-13-17(2)12-18(3)14-27/h4-11,15,17-18H,12-14H2,1-3H3,(H,25,26,28)/t17-,18-/m1/s1. The number of aromatic nitrogens is 1. The van der Waals surface area contributed by atoms with Crippen LogP contribution >= 0.6 is 11.3 Å². The number of carbonyl (C=O) groups excluding carboxylic acids is 1. The molecule has 1 aromatic heterocycles. The minimum Gasteiger partial charge on any atom is -0.298 e. The third-order valence-corrected chi connectivity index (χ3v) is 8.27. The highest BCUT2D eigenvalue weighted by atomic mass is 32.2. The van der Waals surface area contributed by atoms with Crippen LogP contribution in [-0.4, -0.2) is 36.7 Å². The van der Waals surface area contributed by atoms with Crippen LogP contribution < -0.4 is 5.32 Å². The molecule has 0 spiro atoms. The fraction of sp³-hybridized carbons (Fsp3) is 0.333. The Bertz CT molecular complexity index is 1190. The van der Waals surface area contributed by atoms with Crippen LogP contribution in [0.3, 0.4) is 0 Å². The summed E-state index contributed by atoms with van der Waals surface area (Å²) < 4.78 is 27.6. The molecule has 1 saturated heterocycles. The van der Waals surface area contributed by atoms with Crippen molar-refractivity contribution >= 4 is 32.4 Å². The summed E-state index contributed by atoms with van der Waals surface area (Å²) in [4.78, 5) is 17.4. The second-order valence-electron chi connectivity index (χ2n) is 8.65. The summed E-state index contributed by atoms with van der Waals surface area (Å²) in [7, 11) is -3.57. The van der Waals surface area contributed by atoms with Crippen LogP contribution in [0.1, 0.15) is 36.2 Å². The lowest BCUT2D eigenvalue weighted by atomic mass is 9.94. The van der Waals surface area contributed by atoms with Gasteiger partial charge in [-0.1, -0.05) is 43.7 Å². The van der Waals surface area contributed by atoms with E-state index in [1.165, 1.54) is 29.0 Å². The maximum Gasteiger partial charge on any atom is 0.257 e. The number of anilines is 1. The normalized spacial score (nSPS) is 19.6. The van der Waals surface area contributed by atoms with Gasteiger partial charge < -0.3 is 0 Å². The summed E-state index contributed by atoms with van der Waals surface area (Å²) in [5.41, 5.74) is 3.35.